The lowest BCUT2D eigenvalue weighted by atomic mass is 9.88. The third-order valence-electron chi connectivity index (χ3n) is 3.54. The zero-order chi connectivity index (χ0) is 15.6. The lowest BCUT2D eigenvalue weighted by Gasteiger charge is -2.17. The standard InChI is InChI=1S/C17H16Cl2O2/c1-10-3-6-14(11(2)7-10)15(17(20)21)8-12-4-5-13(18)9-16(12)19/h3-7,9,15H,8H2,1-2H3,(H,20,21). The normalized spacial score (nSPS) is 12.2. The van der Waals surface area contributed by atoms with Crippen LogP contribution >= 0.6 is 23.2 Å². The van der Waals surface area contributed by atoms with Gasteiger partial charge in [-0.25, -0.2) is 0 Å². The molecule has 1 atom stereocenters. The summed E-state index contributed by atoms with van der Waals surface area (Å²) in [6, 6.07) is 11.0. The Balaban J connectivity index is 2.38. The van der Waals surface area contributed by atoms with E-state index in [1.165, 1.54) is 0 Å². The van der Waals surface area contributed by atoms with E-state index in [2.05, 4.69) is 0 Å². The van der Waals surface area contributed by atoms with Gasteiger partial charge in [0.25, 0.3) is 0 Å². The van der Waals surface area contributed by atoms with E-state index < -0.39 is 11.9 Å². The second kappa shape index (κ2) is 6.50. The Hall–Kier alpha value is -1.51. The molecule has 0 heterocycles. The molecule has 1 N–H and O–H groups in total. The molecule has 0 aromatic heterocycles. The zero-order valence-corrected chi connectivity index (χ0v) is 13.4. The lowest BCUT2D eigenvalue weighted by molar-refractivity contribution is -0.138. The molecule has 2 aromatic carbocycles. The summed E-state index contributed by atoms with van der Waals surface area (Å²) in [4.78, 5) is 11.7. The molecule has 0 bridgehead atoms. The van der Waals surface area contributed by atoms with Crippen molar-refractivity contribution < 1.29 is 9.90 Å². The molecular formula is C17H16Cl2O2. The number of halogens is 2. The number of hydrogen-bond donors (Lipinski definition) is 1. The highest BCUT2D eigenvalue weighted by Gasteiger charge is 2.23. The topological polar surface area (TPSA) is 37.3 Å². The SMILES string of the molecule is Cc1ccc(C(Cc2ccc(Cl)cc2Cl)C(=O)O)c(C)c1. The van der Waals surface area contributed by atoms with Crippen LogP contribution in [0.2, 0.25) is 10.0 Å². The van der Waals surface area contributed by atoms with E-state index in [9.17, 15) is 9.90 Å². The number of carboxylic acid groups (broad SMARTS) is 1. The van der Waals surface area contributed by atoms with Crippen molar-refractivity contribution in [2.24, 2.45) is 0 Å². The second-order valence-electron chi connectivity index (χ2n) is 5.19. The minimum absolute atomic E-state index is 0.342. The van der Waals surface area contributed by atoms with Crippen molar-refractivity contribution in [2.75, 3.05) is 0 Å². The van der Waals surface area contributed by atoms with E-state index in [-0.39, 0.29) is 0 Å². The first-order chi connectivity index (χ1) is 9.88. The Kier molecular flexibility index (Phi) is 4.92. The first-order valence-electron chi connectivity index (χ1n) is 6.62. The summed E-state index contributed by atoms with van der Waals surface area (Å²) in [7, 11) is 0. The number of rotatable bonds is 4. The smallest absolute Gasteiger partial charge is 0.311 e. The van der Waals surface area contributed by atoms with Crippen LogP contribution in [0.5, 0.6) is 0 Å². The molecule has 0 aliphatic rings. The van der Waals surface area contributed by atoms with Crippen LogP contribution in [0.4, 0.5) is 0 Å². The average Bonchev–Trinajstić information content (AvgIpc) is 2.38. The van der Waals surface area contributed by atoms with E-state index >= 15 is 0 Å². The van der Waals surface area contributed by atoms with Crippen molar-refractivity contribution >= 4 is 29.2 Å². The van der Waals surface area contributed by atoms with Gasteiger partial charge in [-0.15, -0.1) is 0 Å². The fourth-order valence-corrected chi connectivity index (χ4v) is 2.94. The van der Waals surface area contributed by atoms with Gasteiger partial charge in [0.15, 0.2) is 0 Å². The van der Waals surface area contributed by atoms with Gasteiger partial charge in [-0.05, 0) is 49.1 Å². The van der Waals surface area contributed by atoms with Crippen LogP contribution in [-0.2, 0) is 11.2 Å². The maximum Gasteiger partial charge on any atom is 0.311 e. The molecule has 0 saturated carbocycles. The fourth-order valence-electron chi connectivity index (χ4n) is 2.45. The quantitative estimate of drug-likeness (QED) is 0.857. The third-order valence-corrected chi connectivity index (χ3v) is 4.12. The Labute approximate surface area is 134 Å². The van der Waals surface area contributed by atoms with Crippen LogP contribution in [0.15, 0.2) is 36.4 Å². The van der Waals surface area contributed by atoms with E-state index in [1.807, 2.05) is 32.0 Å². The largest absolute Gasteiger partial charge is 0.481 e. The van der Waals surface area contributed by atoms with Crippen LogP contribution in [-0.4, -0.2) is 11.1 Å². The molecule has 2 rings (SSSR count). The van der Waals surface area contributed by atoms with Crippen LogP contribution < -0.4 is 0 Å². The van der Waals surface area contributed by atoms with Gasteiger partial charge in [0.05, 0.1) is 5.92 Å². The summed E-state index contributed by atoms with van der Waals surface area (Å²) in [6.45, 7) is 3.92. The van der Waals surface area contributed by atoms with Crippen LogP contribution in [0.1, 0.15) is 28.2 Å². The predicted molar refractivity (Wildman–Crippen MR) is 86.5 cm³/mol. The van der Waals surface area contributed by atoms with E-state index in [4.69, 9.17) is 23.2 Å². The summed E-state index contributed by atoms with van der Waals surface area (Å²) in [5.74, 6) is -1.47. The molecule has 0 aliphatic heterocycles. The zero-order valence-electron chi connectivity index (χ0n) is 11.9. The van der Waals surface area contributed by atoms with Gasteiger partial charge in [-0.3, -0.25) is 4.79 Å². The first kappa shape index (κ1) is 15.9. The molecule has 0 aliphatic carbocycles. The van der Waals surface area contributed by atoms with Gasteiger partial charge < -0.3 is 5.11 Å². The third kappa shape index (κ3) is 3.78. The molecule has 0 radical (unpaired) electrons. The van der Waals surface area contributed by atoms with Gasteiger partial charge in [0, 0.05) is 10.0 Å². The van der Waals surface area contributed by atoms with Crippen molar-refractivity contribution in [1.29, 1.82) is 0 Å². The summed E-state index contributed by atoms with van der Waals surface area (Å²) in [5, 5.41) is 10.6. The highest BCUT2D eigenvalue weighted by Crippen LogP contribution is 2.29. The molecule has 4 heteroatoms. The highest BCUT2D eigenvalue weighted by atomic mass is 35.5. The second-order valence-corrected chi connectivity index (χ2v) is 6.03. The van der Waals surface area contributed by atoms with Crippen molar-refractivity contribution in [3.63, 3.8) is 0 Å². The number of carbonyl (C=O) groups is 1. The Morgan fingerprint density at radius 2 is 1.86 bits per heavy atom. The molecule has 2 aromatic rings. The Morgan fingerprint density at radius 3 is 2.43 bits per heavy atom. The molecule has 110 valence electrons. The summed E-state index contributed by atoms with van der Waals surface area (Å²) >= 11 is 12.0. The molecule has 0 spiro atoms. The van der Waals surface area contributed by atoms with Crippen molar-refractivity contribution in [3.8, 4) is 0 Å². The van der Waals surface area contributed by atoms with E-state index in [0.717, 1.165) is 22.3 Å². The molecule has 0 fully saturated rings. The van der Waals surface area contributed by atoms with Crippen LogP contribution in [0.25, 0.3) is 0 Å². The van der Waals surface area contributed by atoms with Gasteiger partial charge in [0.2, 0.25) is 0 Å². The predicted octanol–water partition coefficient (Wildman–Crippen LogP) is 5.02. The first-order valence-corrected chi connectivity index (χ1v) is 7.38. The fraction of sp³-hybridized carbons (Fsp3) is 0.235. The highest BCUT2D eigenvalue weighted by molar-refractivity contribution is 6.35. The van der Waals surface area contributed by atoms with Crippen LogP contribution in [0.3, 0.4) is 0 Å². The molecule has 2 nitrogen and oxygen atoms in total. The van der Waals surface area contributed by atoms with E-state index in [1.54, 1.807) is 18.2 Å². The molecular weight excluding hydrogens is 307 g/mol. The molecule has 1 unspecified atom stereocenters. The Morgan fingerprint density at radius 1 is 1.14 bits per heavy atom. The van der Waals surface area contributed by atoms with Gasteiger partial charge in [-0.2, -0.15) is 0 Å². The number of benzene rings is 2. The van der Waals surface area contributed by atoms with Gasteiger partial charge in [-0.1, -0.05) is 53.0 Å². The van der Waals surface area contributed by atoms with Gasteiger partial charge in [0.1, 0.15) is 0 Å². The summed E-state index contributed by atoms with van der Waals surface area (Å²) < 4.78 is 0. The molecule has 0 amide bonds. The van der Waals surface area contributed by atoms with E-state index in [0.29, 0.717) is 16.5 Å². The molecule has 0 saturated heterocycles. The lowest BCUT2D eigenvalue weighted by Crippen LogP contribution is -2.16. The summed E-state index contributed by atoms with van der Waals surface area (Å²) in [6.07, 6.45) is 0.342. The van der Waals surface area contributed by atoms with Crippen molar-refractivity contribution in [3.05, 3.63) is 68.7 Å². The number of carboxylic acids is 1. The van der Waals surface area contributed by atoms with Gasteiger partial charge >= 0.3 is 5.97 Å². The Bertz CT molecular complexity index is 680. The summed E-state index contributed by atoms with van der Waals surface area (Å²) in [5.41, 5.74) is 3.70. The minimum Gasteiger partial charge on any atom is -0.481 e. The van der Waals surface area contributed by atoms with Crippen LogP contribution in [0, 0.1) is 13.8 Å². The molecule has 21 heavy (non-hydrogen) atoms. The number of hydrogen-bond acceptors (Lipinski definition) is 1. The number of aliphatic carboxylic acids is 1. The minimum atomic E-state index is -0.854. The maximum atomic E-state index is 11.7. The maximum absolute atomic E-state index is 11.7. The average molecular weight is 323 g/mol. The van der Waals surface area contributed by atoms with Crippen molar-refractivity contribution in [2.45, 2.75) is 26.2 Å². The number of aryl methyl sites for hydroxylation is 2. The van der Waals surface area contributed by atoms with Crippen molar-refractivity contribution in [1.82, 2.24) is 0 Å². The monoisotopic (exact) mass is 322 g/mol.